The van der Waals surface area contributed by atoms with Crippen molar-refractivity contribution < 1.29 is 4.79 Å². The van der Waals surface area contributed by atoms with Crippen LogP contribution in [0.25, 0.3) is 0 Å². The van der Waals surface area contributed by atoms with Crippen LogP contribution in [0.4, 0.5) is 0 Å². The highest BCUT2D eigenvalue weighted by Crippen LogP contribution is 2.47. The van der Waals surface area contributed by atoms with Crippen molar-refractivity contribution in [3.05, 3.63) is 91.2 Å². The van der Waals surface area contributed by atoms with E-state index >= 15 is 0 Å². The number of thiophene rings is 1. The normalized spacial score (nSPS) is 18.3. The Labute approximate surface area is 164 Å². The minimum Gasteiger partial charge on any atom is -0.293 e. The zero-order valence-corrected chi connectivity index (χ0v) is 16.8. The van der Waals surface area contributed by atoms with E-state index in [0.29, 0.717) is 5.92 Å². The third-order valence-corrected chi connectivity index (χ3v) is 7.22. The highest BCUT2D eigenvalue weighted by molar-refractivity contribution is 7.12. The number of carbonyl (C=O) groups is 1. The lowest BCUT2D eigenvalue weighted by atomic mass is 9.74. The molecule has 1 aliphatic carbocycles. The predicted molar refractivity (Wildman–Crippen MR) is 111 cm³/mol. The molecule has 27 heavy (non-hydrogen) atoms. The minimum atomic E-state index is 0.232. The Morgan fingerprint density at radius 3 is 2.59 bits per heavy atom. The van der Waals surface area contributed by atoms with Crippen molar-refractivity contribution in [3.8, 4) is 0 Å². The first-order chi connectivity index (χ1) is 13.0. The van der Waals surface area contributed by atoms with Gasteiger partial charge in [0.15, 0.2) is 5.78 Å². The van der Waals surface area contributed by atoms with E-state index in [2.05, 4.69) is 68.1 Å². The molecule has 0 bridgehead atoms. The summed E-state index contributed by atoms with van der Waals surface area (Å²) in [7, 11) is 0. The van der Waals surface area contributed by atoms with E-state index in [4.69, 9.17) is 0 Å². The quantitative estimate of drug-likeness (QED) is 0.602. The Morgan fingerprint density at radius 1 is 1.07 bits per heavy atom. The molecule has 0 fully saturated rings. The lowest BCUT2D eigenvalue weighted by molar-refractivity contribution is 0.103. The fourth-order valence-electron chi connectivity index (χ4n) is 4.68. The minimum absolute atomic E-state index is 0.232. The Bertz CT molecular complexity index is 1060. The molecule has 0 amide bonds. The van der Waals surface area contributed by atoms with Crippen molar-refractivity contribution in [1.82, 2.24) is 4.90 Å². The molecule has 1 atom stereocenters. The number of aryl methyl sites for hydroxylation is 3. The van der Waals surface area contributed by atoms with Crippen LogP contribution >= 0.6 is 11.3 Å². The average molecular weight is 374 g/mol. The number of nitrogens with zero attached hydrogens (tertiary/aromatic N) is 1. The summed E-state index contributed by atoms with van der Waals surface area (Å²) >= 11 is 1.82. The second-order valence-corrected chi connectivity index (χ2v) is 9.24. The largest absolute Gasteiger partial charge is 0.293 e. The smallest absolute Gasteiger partial charge is 0.194 e. The van der Waals surface area contributed by atoms with Crippen molar-refractivity contribution in [2.24, 2.45) is 0 Å². The van der Waals surface area contributed by atoms with E-state index in [0.717, 1.165) is 30.8 Å². The van der Waals surface area contributed by atoms with Gasteiger partial charge >= 0.3 is 0 Å². The molecular weight excluding hydrogens is 350 g/mol. The molecule has 5 rings (SSSR count). The molecule has 1 aliphatic heterocycles. The number of benzene rings is 2. The van der Waals surface area contributed by atoms with Crippen molar-refractivity contribution in [2.75, 3.05) is 6.54 Å². The number of rotatable bonds is 2. The summed E-state index contributed by atoms with van der Waals surface area (Å²) in [6.45, 7) is 9.25. The fraction of sp³-hybridized carbons (Fsp3) is 0.292. The van der Waals surface area contributed by atoms with Gasteiger partial charge in [0.2, 0.25) is 0 Å². The number of ketones is 1. The Balaban J connectivity index is 1.62. The van der Waals surface area contributed by atoms with Gasteiger partial charge < -0.3 is 0 Å². The summed E-state index contributed by atoms with van der Waals surface area (Å²) < 4.78 is 0. The Morgan fingerprint density at radius 2 is 1.81 bits per heavy atom. The van der Waals surface area contributed by atoms with Crippen molar-refractivity contribution >= 4 is 17.1 Å². The molecule has 1 aromatic heterocycles. The van der Waals surface area contributed by atoms with Crippen LogP contribution in [-0.2, 0) is 13.1 Å². The maximum absolute atomic E-state index is 13.3. The second kappa shape index (κ2) is 6.15. The molecule has 2 aromatic carbocycles. The third kappa shape index (κ3) is 2.60. The summed E-state index contributed by atoms with van der Waals surface area (Å²) in [4.78, 5) is 18.4. The molecule has 1 unspecified atom stereocenters. The monoisotopic (exact) mass is 373 g/mol. The van der Waals surface area contributed by atoms with Crippen LogP contribution in [-0.4, -0.2) is 17.2 Å². The van der Waals surface area contributed by atoms with Crippen molar-refractivity contribution in [3.63, 3.8) is 0 Å². The zero-order valence-electron chi connectivity index (χ0n) is 16.0. The molecule has 2 aliphatic rings. The molecule has 0 saturated heterocycles. The second-order valence-electron chi connectivity index (χ2n) is 7.93. The first-order valence-electron chi connectivity index (χ1n) is 9.57. The summed E-state index contributed by atoms with van der Waals surface area (Å²) in [6, 6.07) is 15.1. The molecule has 2 nitrogen and oxygen atoms in total. The number of hydrogen-bond acceptors (Lipinski definition) is 3. The predicted octanol–water partition coefficient (Wildman–Crippen LogP) is 5.37. The van der Waals surface area contributed by atoms with Gasteiger partial charge in [0.05, 0.1) is 0 Å². The maximum Gasteiger partial charge on any atom is 0.194 e. The molecule has 0 saturated carbocycles. The molecular formula is C24H23NOS. The Hall–Kier alpha value is -2.23. The van der Waals surface area contributed by atoms with Crippen molar-refractivity contribution in [1.29, 1.82) is 0 Å². The van der Waals surface area contributed by atoms with E-state index in [9.17, 15) is 4.79 Å². The molecule has 3 heteroatoms. The first-order valence-corrected chi connectivity index (χ1v) is 10.4. The average Bonchev–Trinajstić information content (AvgIpc) is 2.98. The van der Waals surface area contributed by atoms with Gasteiger partial charge in [0.1, 0.15) is 0 Å². The molecule has 0 spiro atoms. The summed E-state index contributed by atoms with van der Waals surface area (Å²) in [6.07, 6.45) is 0. The van der Waals surface area contributed by atoms with E-state index in [1.165, 1.54) is 37.6 Å². The summed E-state index contributed by atoms with van der Waals surface area (Å²) in [5.74, 6) is 0.542. The number of hydrogen-bond donors (Lipinski definition) is 0. The number of fused-ring (bicyclic) bond motifs is 2. The molecule has 136 valence electrons. The lowest BCUT2D eigenvalue weighted by Gasteiger charge is -2.37. The van der Waals surface area contributed by atoms with Crippen LogP contribution in [0.3, 0.4) is 0 Å². The van der Waals surface area contributed by atoms with Gasteiger partial charge in [0, 0.05) is 46.4 Å². The molecule has 2 heterocycles. The SMILES string of the molecule is Cc1cc2c(cc1C)C1CN(Cc3ccccc3)Cc3sc(C)c(c31)C2=O. The summed E-state index contributed by atoms with van der Waals surface area (Å²) in [5.41, 5.74) is 8.30. The topological polar surface area (TPSA) is 20.3 Å². The van der Waals surface area contributed by atoms with E-state index < -0.39 is 0 Å². The standard InChI is InChI=1S/C24H23NOS/c1-14-9-18-19(10-15(14)2)24(26)22-16(3)27-21-13-25(12-20(18)23(21)22)11-17-7-5-4-6-8-17/h4-10,20H,11-13H2,1-3H3. The first kappa shape index (κ1) is 16.9. The third-order valence-electron chi connectivity index (χ3n) is 6.12. The van der Waals surface area contributed by atoms with Crippen LogP contribution in [0, 0.1) is 20.8 Å². The molecule has 0 N–H and O–H groups in total. The van der Waals surface area contributed by atoms with Gasteiger partial charge in [-0.25, -0.2) is 0 Å². The van der Waals surface area contributed by atoms with Gasteiger partial charge in [-0.05, 0) is 54.7 Å². The fourth-order valence-corrected chi connectivity index (χ4v) is 5.95. The van der Waals surface area contributed by atoms with E-state index in [-0.39, 0.29) is 5.78 Å². The van der Waals surface area contributed by atoms with Gasteiger partial charge in [-0.2, -0.15) is 0 Å². The van der Waals surface area contributed by atoms with E-state index in [1.807, 2.05) is 11.3 Å². The van der Waals surface area contributed by atoms with Gasteiger partial charge in [-0.3, -0.25) is 9.69 Å². The molecule has 0 radical (unpaired) electrons. The van der Waals surface area contributed by atoms with Crippen LogP contribution in [0.1, 0.15) is 59.4 Å². The number of carbonyl (C=O) groups excluding carboxylic acids is 1. The van der Waals surface area contributed by atoms with Crippen LogP contribution < -0.4 is 0 Å². The molecule has 3 aromatic rings. The highest BCUT2D eigenvalue weighted by Gasteiger charge is 2.39. The van der Waals surface area contributed by atoms with Crippen LogP contribution in [0.5, 0.6) is 0 Å². The maximum atomic E-state index is 13.3. The van der Waals surface area contributed by atoms with Crippen LogP contribution in [0.2, 0.25) is 0 Å². The van der Waals surface area contributed by atoms with Gasteiger partial charge in [0.25, 0.3) is 0 Å². The van der Waals surface area contributed by atoms with E-state index in [1.54, 1.807) is 0 Å². The zero-order chi connectivity index (χ0) is 18.7. The van der Waals surface area contributed by atoms with Gasteiger partial charge in [-0.1, -0.05) is 36.4 Å². The van der Waals surface area contributed by atoms with Crippen molar-refractivity contribution in [2.45, 2.75) is 39.8 Å². The highest BCUT2D eigenvalue weighted by atomic mass is 32.1. The summed E-state index contributed by atoms with van der Waals surface area (Å²) in [5, 5.41) is 0. The van der Waals surface area contributed by atoms with Gasteiger partial charge in [-0.15, -0.1) is 11.3 Å². The van der Waals surface area contributed by atoms with Crippen LogP contribution in [0.15, 0.2) is 42.5 Å². The lowest BCUT2D eigenvalue weighted by Crippen LogP contribution is -2.36. The Kier molecular flexibility index (Phi) is 3.85.